The Bertz CT molecular complexity index is 1130. The van der Waals surface area contributed by atoms with Gasteiger partial charge in [0.2, 0.25) is 0 Å². The first kappa shape index (κ1) is 16.4. The maximum absolute atomic E-state index is 8.92. The fourth-order valence-corrected chi connectivity index (χ4v) is 3.58. The Hall–Kier alpha value is -3.80. The van der Waals surface area contributed by atoms with Crippen molar-refractivity contribution in [3.05, 3.63) is 60.3 Å². The van der Waals surface area contributed by atoms with Crippen LogP contribution in [0.1, 0.15) is 30.1 Å². The monoisotopic (exact) mass is 371 g/mol. The van der Waals surface area contributed by atoms with Gasteiger partial charge in [0.05, 0.1) is 5.56 Å². The molecule has 0 aliphatic carbocycles. The fourth-order valence-electron chi connectivity index (χ4n) is 3.58. The number of fused-ring (bicyclic) bond motifs is 1. The topological polar surface area (TPSA) is 101 Å². The standard InChI is InChI=1S/C19H17N9/c20-12-14-2-3-16(21-13-14)26-10-6-15(7-11-26)19-24-23-17-4-5-18(25-28(17)19)27-9-1-8-22-27/h1-5,8-9,13,15H,6-7,10-11H2. The zero-order chi connectivity index (χ0) is 18.9. The van der Waals surface area contributed by atoms with Crippen molar-refractivity contribution in [2.24, 2.45) is 0 Å². The molecule has 1 saturated heterocycles. The van der Waals surface area contributed by atoms with Gasteiger partial charge in [-0.2, -0.15) is 14.9 Å². The van der Waals surface area contributed by atoms with Crippen molar-refractivity contribution in [3.8, 4) is 11.9 Å². The van der Waals surface area contributed by atoms with Crippen molar-refractivity contribution in [2.45, 2.75) is 18.8 Å². The predicted molar refractivity (Wildman–Crippen MR) is 101 cm³/mol. The number of anilines is 1. The van der Waals surface area contributed by atoms with Crippen LogP contribution in [-0.4, -0.2) is 47.7 Å². The van der Waals surface area contributed by atoms with E-state index in [1.807, 2.05) is 35.0 Å². The molecule has 9 nitrogen and oxygen atoms in total. The highest BCUT2D eigenvalue weighted by molar-refractivity contribution is 5.43. The first-order valence-corrected chi connectivity index (χ1v) is 9.15. The van der Waals surface area contributed by atoms with E-state index in [1.165, 1.54) is 0 Å². The van der Waals surface area contributed by atoms with Crippen molar-refractivity contribution >= 4 is 11.5 Å². The second-order valence-electron chi connectivity index (χ2n) is 6.75. The van der Waals surface area contributed by atoms with Gasteiger partial charge in [-0.15, -0.1) is 15.3 Å². The molecule has 1 aliphatic rings. The van der Waals surface area contributed by atoms with E-state index >= 15 is 0 Å². The van der Waals surface area contributed by atoms with E-state index in [0.717, 1.165) is 49.0 Å². The summed E-state index contributed by atoms with van der Waals surface area (Å²) in [5.74, 6) is 2.81. The summed E-state index contributed by atoms with van der Waals surface area (Å²) in [4.78, 5) is 6.64. The fraction of sp³-hybridized carbons (Fsp3) is 0.263. The summed E-state index contributed by atoms with van der Waals surface area (Å²) >= 11 is 0. The number of pyridine rings is 1. The predicted octanol–water partition coefficient (Wildman–Crippen LogP) is 1.96. The number of nitrogens with zero attached hydrogens (tertiary/aromatic N) is 9. The minimum Gasteiger partial charge on any atom is -0.357 e. The van der Waals surface area contributed by atoms with Crippen LogP contribution < -0.4 is 4.90 Å². The van der Waals surface area contributed by atoms with Crippen LogP contribution in [0.5, 0.6) is 0 Å². The minimum atomic E-state index is 0.282. The van der Waals surface area contributed by atoms with Crippen LogP contribution in [0.4, 0.5) is 5.82 Å². The molecule has 4 aromatic heterocycles. The van der Waals surface area contributed by atoms with E-state index in [4.69, 9.17) is 5.26 Å². The van der Waals surface area contributed by atoms with Gasteiger partial charge in [-0.1, -0.05) is 0 Å². The van der Waals surface area contributed by atoms with Crippen molar-refractivity contribution in [2.75, 3.05) is 18.0 Å². The Kier molecular flexibility index (Phi) is 3.94. The smallest absolute Gasteiger partial charge is 0.178 e. The summed E-state index contributed by atoms with van der Waals surface area (Å²) in [5.41, 5.74) is 1.31. The lowest BCUT2D eigenvalue weighted by Crippen LogP contribution is -2.34. The lowest BCUT2D eigenvalue weighted by molar-refractivity contribution is 0.474. The van der Waals surface area contributed by atoms with Crippen molar-refractivity contribution < 1.29 is 0 Å². The third-order valence-corrected chi connectivity index (χ3v) is 5.07. The van der Waals surface area contributed by atoms with Gasteiger partial charge >= 0.3 is 0 Å². The normalized spacial score (nSPS) is 15.0. The molecule has 1 fully saturated rings. The van der Waals surface area contributed by atoms with Crippen LogP contribution in [0.2, 0.25) is 0 Å². The van der Waals surface area contributed by atoms with Crippen molar-refractivity contribution in [1.82, 2.24) is 34.6 Å². The minimum absolute atomic E-state index is 0.282. The first-order valence-electron chi connectivity index (χ1n) is 9.15. The molecular weight excluding hydrogens is 354 g/mol. The molecule has 28 heavy (non-hydrogen) atoms. The Balaban J connectivity index is 1.36. The number of hydrogen-bond acceptors (Lipinski definition) is 7. The van der Waals surface area contributed by atoms with Crippen LogP contribution in [0.25, 0.3) is 11.5 Å². The summed E-state index contributed by atoms with van der Waals surface area (Å²) in [6.45, 7) is 1.74. The molecule has 0 bridgehead atoms. The Morgan fingerprint density at radius 1 is 1.04 bits per heavy atom. The van der Waals surface area contributed by atoms with Crippen molar-refractivity contribution in [3.63, 3.8) is 0 Å². The average molecular weight is 371 g/mol. The molecule has 0 radical (unpaired) electrons. The Labute approximate surface area is 160 Å². The van der Waals surface area contributed by atoms with Gasteiger partial charge in [-0.3, -0.25) is 0 Å². The van der Waals surface area contributed by atoms with Gasteiger partial charge in [0.25, 0.3) is 0 Å². The molecular formula is C19H17N9. The van der Waals surface area contributed by atoms with E-state index in [2.05, 4.69) is 36.3 Å². The molecule has 0 spiro atoms. The highest BCUT2D eigenvalue weighted by Crippen LogP contribution is 2.29. The molecule has 9 heteroatoms. The van der Waals surface area contributed by atoms with E-state index < -0.39 is 0 Å². The van der Waals surface area contributed by atoms with Gasteiger partial charge in [-0.05, 0) is 43.2 Å². The van der Waals surface area contributed by atoms with E-state index in [-0.39, 0.29) is 5.92 Å². The molecule has 138 valence electrons. The second-order valence-corrected chi connectivity index (χ2v) is 6.75. The summed E-state index contributed by atoms with van der Waals surface area (Å²) in [5, 5.41) is 26.5. The molecule has 4 aromatic rings. The van der Waals surface area contributed by atoms with Crippen LogP contribution in [-0.2, 0) is 0 Å². The summed E-state index contributed by atoms with van der Waals surface area (Å²) in [6, 6.07) is 11.5. The van der Waals surface area contributed by atoms with Crippen LogP contribution in [0.15, 0.2) is 48.9 Å². The Morgan fingerprint density at radius 3 is 2.61 bits per heavy atom. The molecule has 5 heterocycles. The van der Waals surface area contributed by atoms with Gasteiger partial charge in [0.1, 0.15) is 11.9 Å². The third-order valence-electron chi connectivity index (χ3n) is 5.07. The number of nitriles is 1. The zero-order valence-electron chi connectivity index (χ0n) is 15.0. The van der Waals surface area contributed by atoms with Gasteiger partial charge in [0, 0.05) is 37.6 Å². The van der Waals surface area contributed by atoms with Crippen LogP contribution in [0.3, 0.4) is 0 Å². The van der Waals surface area contributed by atoms with Gasteiger partial charge < -0.3 is 4.90 Å². The SMILES string of the molecule is N#Cc1ccc(N2CCC(c3nnc4ccc(-n5cccn5)nn34)CC2)nc1. The zero-order valence-corrected chi connectivity index (χ0v) is 15.0. The number of aromatic nitrogens is 7. The summed E-state index contributed by atoms with van der Waals surface area (Å²) < 4.78 is 3.56. The molecule has 1 aliphatic heterocycles. The largest absolute Gasteiger partial charge is 0.357 e. The molecule has 0 amide bonds. The first-order chi connectivity index (χ1) is 13.8. The van der Waals surface area contributed by atoms with Gasteiger partial charge in [0.15, 0.2) is 17.3 Å². The molecule has 0 saturated carbocycles. The number of hydrogen-bond donors (Lipinski definition) is 0. The van der Waals surface area contributed by atoms with E-state index in [0.29, 0.717) is 5.56 Å². The highest BCUT2D eigenvalue weighted by Gasteiger charge is 2.26. The molecule has 0 aromatic carbocycles. The van der Waals surface area contributed by atoms with Crippen molar-refractivity contribution in [1.29, 1.82) is 5.26 Å². The molecule has 0 atom stereocenters. The Morgan fingerprint density at radius 2 is 1.89 bits per heavy atom. The summed E-state index contributed by atoms with van der Waals surface area (Å²) in [7, 11) is 0. The van der Waals surface area contributed by atoms with Crippen LogP contribution in [0, 0.1) is 11.3 Å². The van der Waals surface area contributed by atoms with Gasteiger partial charge in [-0.25, -0.2) is 9.67 Å². The quantitative estimate of drug-likeness (QED) is 0.542. The number of piperidine rings is 1. The molecule has 5 rings (SSSR count). The van der Waals surface area contributed by atoms with E-state index in [9.17, 15) is 0 Å². The maximum Gasteiger partial charge on any atom is 0.178 e. The second kappa shape index (κ2) is 6.74. The molecule has 0 N–H and O–H groups in total. The van der Waals surface area contributed by atoms with Crippen LogP contribution >= 0.6 is 0 Å². The number of rotatable bonds is 3. The lowest BCUT2D eigenvalue weighted by atomic mass is 9.96. The lowest BCUT2D eigenvalue weighted by Gasteiger charge is -2.31. The van der Waals surface area contributed by atoms with E-state index in [1.54, 1.807) is 23.1 Å². The highest BCUT2D eigenvalue weighted by atomic mass is 15.4. The molecule has 0 unspecified atom stereocenters. The third kappa shape index (κ3) is 2.85. The maximum atomic E-state index is 8.92. The average Bonchev–Trinajstić information content (AvgIpc) is 3.44. The summed E-state index contributed by atoms with van der Waals surface area (Å²) in [6.07, 6.45) is 7.09.